The molecule has 4 rings (SSSR count). The largest absolute Gasteiger partial charge is 0.467 e. The van der Waals surface area contributed by atoms with Crippen molar-refractivity contribution >= 4 is 46.0 Å². The third-order valence-electron chi connectivity index (χ3n) is 6.26. The van der Waals surface area contributed by atoms with Crippen LogP contribution in [0.1, 0.15) is 54.0 Å². The number of ether oxygens (including phenoxy) is 2. The molecular formula is C31H33ClN6O5. The highest BCUT2D eigenvalue weighted by Gasteiger charge is 2.21. The number of amides is 2. The highest BCUT2D eigenvalue weighted by Crippen LogP contribution is 2.27. The maximum absolute atomic E-state index is 13.4. The summed E-state index contributed by atoms with van der Waals surface area (Å²) in [5.41, 5.74) is 1.79. The number of aromatic amines is 1. The maximum Gasteiger partial charge on any atom is 0.407 e. The minimum atomic E-state index is -0.663. The lowest BCUT2D eigenvalue weighted by Crippen LogP contribution is -2.40. The van der Waals surface area contributed by atoms with Crippen LogP contribution in [0.3, 0.4) is 0 Å². The Kier molecular flexibility index (Phi) is 9.35. The molecule has 224 valence electrons. The first-order chi connectivity index (χ1) is 20.3. The number of nitrogens with one attached hydrogen (secondary N) is 4. The Morgan fingerprint density at radius 2 is 1.81 bits per heavy atom. The number of aromatic nitrogens is 3. The van der Waals surface area contributed by atoms with Gasteiger partial charge < -0.3 is 30.4 Å². The van der Waals surface area contributed by atoms with E-state index in [4.69, 9.17) is 21.1 Å². The Labute approximate surface area is 253 Å². The van der Waals surface area contributed by atoms with E-state index in [1.807, 2.05) is 30.3 Å². The van der Waals surface area contributed by atoms with E-state index < -0.39 is 29.2 Å². The van der Waals surface area contributed by atoms with Gasteiger partial charge in [-0.25, -0.2) is 4.79 Å². The molecule has 11 nitrogen and oxygen atoms in total. The van der Waals surface area contributed by atoms with Crippen LogP contribution in [0.5, 0.6) is 6.01 Å². The van der Waals surface area contributed by atoms with Crippen LogP contribution in [-0.4, -0.2) is 46.2 Å². The number of alkyl carbamates (subject to hydrolysis) is 1. The number of pyridine rings is 1. The summed E-state index contributed by atoms with van der Waals surface area (Å²) in [4.78, 5) is 49.7. The van der Waals surface area contributed by atoms with Crippen molar-refractivity contribution in [1.82, 2.24) is 25.6 Å². The number of methoxy groups -OCH3 is 1. The topological polar surface area (TPSA) is 147 Å². The first kappa shape index (κ1) is 31.0. The van der Waals surface area contributed by atoms with Crippen molar-refractivity contribution < 1.29 is 19.1 Å². The molecule has 0 spiro atoms. The molecule has 0 aliphatic carbocycles. The molecule has 0 aliphatic heterocycles. The number of nitrogens with zero attached hydrogens (tertiary/aromatic N) is 2. The molecule has 0 bridgehead atoms. The fourth-order valence-electron chi connectivity index (χ4n) is 4.20. The number of fused-ring (bicyclic) bond motifs is 1. The molecule has 43 heavy (non-hydrogen) atoms. The number of rotatable bonds is 9. The molecule has 4 aromatic rings. The fourth-order valence-corrected chi connectivity index (χ4v) is 4.36. The lowest BCUT2D eigenvalue weighted by molar-refractivity contribution is 0.0520. The summed E-state index contributed by atoms with van der Waals surface area (Å²) in [5, 5.41) is 9.66. The Bertz CT molecular complexity index is 1730. The van der Waals surface area contributed by atoms with E-state index in [1.54, 1.807) is 52.0 Å². The third kappa shape index (κ3) is 7.89. The van der Waals surface area contributed by atoms with Crippen molar-refractivity contribution in [2.24, 2.45) is 0 Å². The average molecular weight is 605 g/mol. The number of hydrogen-bond donors (Lipinski definition) is 4. The molecule has 4 N–H and O–H groups in total. The van der Waals surface area contributed by atoms with Gasteiger partial charge in [0.1, 0.15) is 11.2 Å². The van der Waals surface area contributed by atoms with Crippen molar-refractivity contribution in [3.63, 3.8) is 0 Å². The van der Waals surface area contributed by atoms with Crippen LogP contribution in [0.25, 0.3) is 16.7 Å². The SMILES string of the molecule is C=C(Nc1cc(C(=O)NC(CNC(=O)OC(C)(C)C)c2ccccc2)ccc1Cl)c1cc2c(C)nc(OC)nc2[nH]c1=O. The van der Waals surface area contributed by atoms with Crippen molar-refractivity contribution in [3.8, 4) is 6.01 Å². The quantitative estimate of drug-likeness (QED) is 0.199. The second kappa shape index (κ2) is 13.0. The Morgan fingerprint density at radius 3 is 2.49 bits per heavy atom. The highest BCUT2D eigenvalue weighted by atomic mass is 35.5. The highest BCUT2D eigenvalue weighted by molar-refractivity contribution is 6.33. The van der Waals surface area contributed by atoms with Gasteiger partial charge in [-0.2, -0.15) is 9.97 Å². The summed E-state index contributed by atoms with van der Waals surface area (Å²) in [7, 11) is 1.44. The predicted octanol–water partition coefficient (Wildman–Crippen LogP) is 5.37. The summed E-state index contributed by atoms with van der Waals surface area (Å²) in [6, 6.07) is 15.2. The lowest BCUT2D eigenvalue weighted by Gasteiger charge is -2.23. The summed E-state index contributed by atoms with van der Waals surface area (Å²) in [5.74, 6) is -0.407. The lowest BCUT2D eigenvalue weighted by atomic mass is 10.1. The van der Waals surface area contributed by atoms with Crippen LogP contribution in [0.15, 0.2) is 66.0 Å². The molecule has 2 amide bonds. The van der Waals surface area contributed by atoms with Crippen molar-refractivity contribution in [2.45, 2.75) is 39.3 Å². The second-order valence-corrected chi connectivity index (χ2v) is 11.1. The average Bonchev–Trinajstić information content (AvgIpc) is 2.95. The molecule has 12 heteroatoms. The van der Waals surface area contributed by atoms with Crippen LogP contribution in [0.2, 0.25) is 5.02 Å². The van der Waals surface area contributed by atoms with Crippen molar-refractivity contribution in [1.29, 1.82) is 0 Å². The molecule has 2 heterocycles. The van der Waals surface area contributed by atoms with Gasteiger partial charge in [-0.1, -0.05) is 48.5 Å². The van der Waals surface area contributed by atoms with Gasteiger partial charge in [0, 0.05) is 23.2 Å². The van der Waals surface area contributed by atoms with Crippen molar-refractivity contribution in [2.75, 3.05) is 19.0 Å². The minimum absolute atomic E-state index is 0.0971. The van der Waals surface area contributed by atoms with Crippen LogP contribution >= 0.6 is 11.6 Å². The van der Waals surface area contributed by atoms with E-state index in [2.05, 4.69) is 37.5 Å². The Hall–Kier alpha value is -4.90. The number of carbonyl (C=O) groups excluding carboxylic acids is 2. The Morgan fingerprint density at radius 1 is 1.09 bits per heavy atom. The van der Waals surface area contributed by atoms with Gasteiger partial charge >= 0.3 is 12.1 Å². The summed E-state index contributed by atoms with van der Waals surface area (Å²) >= 11 is 6.45. The van der Waals surface area contributed by atoms with Crippen molar-refractivity contribution in [3.05, 3.63) is 98.9 Å². The third-order valence-corrected chi connectivity index (χ3v) is 6.59. The van der Waals surface area contributed by atoms with Gasteiger partial charge in [0.05, 0.1) is 35.1 Å². The van der Waals surface area contributed by atoms with Crippen LogP contribution in [-0.2, 0) is 4.74 Å². The van der Waals surface area contributed by atoms with Gasteiger partial charge in [-0.3, -0.25) is 9.59 Å². The van der Waals surface area contributed by atoms with E-state index in [0.29, 0.717) is 33.0 Å². The molecule has 2 aromatic carbocycles. The predicted molar refractivity (Wildman–Crippen MR) is 166 cm³/mol. The molecule has 2 aromatic heterocycles. The fraction of sp³-hybridized carbons (Fsp3) is 0.258. The number of halogens is 1. The monoisotopic (exact) mass is 604 g/mol. The van der Waals surface area contributed by atoms with Gasteiger partial charge in [-0.05, 0) is 57.5 Å². The maximum atomic E-state index is 13.4. The summed E-state index contributed by atoms with van der Waals surface area (Å²) < 4.78 is 10.4. The number of hydrogen-bond acceptors (Lipinski definition) is 8. The summed E-state index contributed by atoms with van der Waals surface area (Å²) in [6.07, 6.45) is -0.594. The standard InChI is InChI=1S/C31H33ClN6O5/c1-17-21-15-22(28(40)37-26(21)38-29(35-17)42-6)18(2)34-24-14-20(12-13-23(24)32)27(39)36-25(19-10-8-7-9-11-19)16-33-30(41)43-31(3,4)5/h7-15,25,34H,2,16H2,1,3-6H3,(H,33,41)(H,36,39)(H,35,37,38,40). The zero-order valence-electron chi connectivity index (χ0n) is 24.5. The van der Waals surface area contributed by atoms with Gasteiger partial charge in [-0.15, -0.1) is 0 Å². The van der Waals surface area contributed by atoms with Gasteiger partial charge in [0.2, 0.25) is 0 Å². The number of carbonyl (C=O) groups is 2. The molecule has 0 saturated carbocycles. The first-order valence-electron chi connectivity index (χ1n) is 13.4. The minimum Gasteiger partial charge on any atom is -0.467 e. The number of H-pyrrole nitrogens is 1. The molecule has 1 atom stereocenters. The van der Waals surface area contributed by atoms with Crippen LogP contribution in [0.4, 0.5) is 10.5 Å². The van der Waals surface area contributed by atoms with E-state index in [0.717, 1.165) is 5.56 Å². The normalized spacial score (nSPS) is 11.9. The van der Waals surface area contributed by atoms with Crippen LogP contribution < -0.4 is 26.2 Å². The molecule has 0 saturated heterocycles. The molecule has 1 unspecified atom stereocenters. The molecule has 0 fully saturated rings. The Balaban J connectivity index is 1.54. The van der Waals surface area contributed by atoms with E-state index in [9.17, 15) is 14.4 Å². The van der Waals surface area contributed by atoms with E-state index in [-0.39, 0.29) is 23.8 Å². The van der Waals surface area contributed by atoms with Gasteiger partial charge in [0.25, 0.3) is 11.5 Å². The summed E-state index contributed by atoms with van der Waals surface area (Å²) in [6.45, 7) is 11.2. The van der Waals surface area contributed by atoms with E-state index in [1.165, 1.54) is 7.11 Å². The zero-order chi connectivity index (χ0) is 31.3. The smallest absolute Gasteiger partial charge is 0.407 e. The number of aryl methyl sites for hydroxylation is 1. The number of benzene rings is 2. The second-order valence-electron chi connectivity index (χ2n) is 10.7. The number of anilines is 1. The molecule has 0 radical (unpaired) electrons. The van der Waals surface area contributed by atoms with Gasteiger partial charge in [0.15, 0.2) is 0 Å². The van der Waals surface area contributed by atoms with Crippen LogP contribution in [0, 0.1) is 6.92 Å². The molecular weight excluding hydrogens is 572 g/mol. The van der Waals surface area contributed by atoms with E-state index >= 15 is 0 Å². The zero-order valence-corrected chi connectivity index (χ0v) is 25.3. The molecule has 0 aliphatic rings. The first-order valence-corrected chi connectivity index (χ1v) is 13.8.